The molecule has 0 aliphatic rings. The number of nitrogens with two attached hydrogens (primary N) is 1. The number of fused-ring (bicyclic) bond motifs is 1. The minimum absolute atomic E-state index is 0.0198. The highest BCUT2D eigenvalue weighted by atomic mass is 32.1. The summed E-state index contributed by atoms with van der Waals surface area (Å²) in [5.74, 6) is 0.339. The first-order chi connectivity index (χ1) is 17.9. The molecule has 1 amide bonds. The molecule has 0 saturated heterocycles. The zero-order chi connectivity index (χ0) is 26.1. The second-order valence-corrected chi connectivity index (χ2v) is 9.24. The Kier molecular flexibility index (Phi) is 6.33. The van der Waals surface area contributed by atoms with Crippen molar-refractivity contribution in [1.29, 1.82) is 5.26 Å². The van der Waals surface area contributed by atoms with E-state index in [9.17, 15) is 14.4 Å². The first-order valence-corrected chi connectivity index (χ1v) is 12.2. The number of aromatic nitrogens is 5. The maximum Gasteiger partial charge on any atom is 0.225 e. The normalized spacial score (nSPS) is 11.0. The Labute approximate surface area is 215 Å². The van der Waals surface area contributed by atoms with Crippen LogP contribution < -0.4 is 10.6 Å². The monoisotopic (exact) mass is 512 g/mol. The molecule has 4 aromatic heterocycles. The summed E-state index contributed by atoms with van der Waals surface area (Å²) in [6.45, 7) is 2.03. The third-order valence-corrected chi connectivity index (χ3v) is 6.84. The molecule has 5 rings (SSSR count). The van der Waals surface area contributed by atoms with Crippen LogP contribution in [0.25, 0.3) is 28.0 Å². The van der Waals surface area contributed by atoms with Crippen molar-refractivity contribution < 1.29 is 9.18 Å². The number of nitriles is 1. The minimum atomic E-state index is -0.489. The Morgan fingerprint density at radius 3 is 2.46 bits per heavy atom. The molecule has 0 radical (unpaired) electrons. The highest BCUT2D eigenvalue weighted by Gasteiger charge is 2.22. The third kappa shape index (κ3) is 4.62. The Hall–Kier alpha value is -4.69. The number of imidazole rings is 1. The number of benzene rings is 1. The van der Waals surface area contributed by atoms with E-state index in [0.717, 1.165) is 28.3 Å². The van der Waals surface area contributed by atoms with Gasteiger partial charge < -0.3 is 10.6 Å². The van der Waals surface area contributed by atoms with E-state index in [0.29, 0.717) is 33.5 Å². The summed E-state index contributed by atoms with van der Waals surface area (Å²) in [5, 5.41) is 10.3. The molecule has 0 aliphatic carbocycles. The molecule has 2 N–H and O–H groups in total. The summed E-state index contributed by atoms with van der Waals surface area (Å²) < 4.78 is 15.4. The number of rotatable bonds is 7. The van der Waals surface area contributed by atoms with Crippen LogP contribution in [0.5, 0.6) is 0 Å². The lowest BCUT2D eigenvalue weighted by molar-refractivity contribution is -0.117. The van der Waals surface area contributed by atoms with E-state index in [2.05, 4.69) is 16.0 Å². The van der Waals surface area contributed by atoms with Gasteiger partial charge in [0.05, 0.1) is 12.1 Å². The fourth-order valence-electron chi connectivity index (χ4n) is 4.02. The van der Waals surface area contributed by atoms with Crippen molar-refractivity contribution in [3.63, 3.8) is 0 Å². The average molecular weight is 513 g/mol. The fourth-order valence-corrected chi connectivity index (χ4v) is 4.87. The average Bonchev–Trinajstić information content (AvgIpc) is 3.50. The van der Waals surface area contributed by atoms with Crippen molar-refractivity contribution in [2.75, 3.05) is 11.9 Å². The van der Waals surface area contributed by atoms with Gasteiger partial charge in [-0.15, -0.1) is 0 Å². The van der Waals surface area contributed by atoms with Gasteiger partial charge in [0.15, 0.2) is 5.13 Å². The van der Waals surface area contributed by atoms with Crippen molar-refractivity contribution in [3.05, 3.63) is 77.2 Å². The van der Waals surface area contributed by atoms with Gasteiger partial charge in [0.25, 0.3) is 0 Å². The van der Waals surface area contributed by atoms with E-state index in [1.807, 2.05) is 41.6 Å². The molecular formula is C26H21FN8OS. The minimum Gasteiger partial charge on any atom is -0.369 e. The molecule has 0 spiro atoms. The third-order valence-electron chi connectivity index (χ3n) is 5.81. The lowest BCUT2D eigenvalue weighted by Gasteiger charge is -2.17. The van der Waals surface area contributed by atoms with E-state index in [1.165, 1.54) is 23.5 Å². The second kappa shape index (κ2) is 9.75. The Morgan fingerprint density at radius 1 is 1.11 bits per heavy atom. The topological polar surface area (TPSA) is 126 Å². The molecule has 9 nitrogen and oxygen atoms in total. The van der Waals surface area contributed by atoms with Crippen LogP contribution in [0.15, 0.2) is 55.0 Å². The van der Waals surface area contributed by atoms with Gasteiger partial charge in [-0.05, 0) is 42.8 Å². The quantitative estimate of drug-likeness (QED) is 0.345. The van der Waals surface area contributed by atoms with E-state index < -0.39 is 5.91 Å². The molecule has 0 atom stereocenters. The molecule has 0 unspecified atom stereocenters. The maximum absolute atomic E-state index is 13.4. The van der Waals surface area contributed by atoms with Crippen molar-refractivity contribution in [2.45, 2.75) is 19.8 Å². The predicted molar refractivity (Wildman–Crippen MR) is 139 cm³/mol. The number of hydrogen-bond donors (Lipinski definition) is 1. The maximum atomic E-state index is 13.4. The second-order valence-electron chi connectivity index (χ2n) is 8.26. The molecule has 1 aromatic carbocycles. The molecule has 184 valence electrons. The smallest absolute Gasteiger partial charge is 0.225 e. The van der Waals surface area contributed by atoms with Crippen molar-refractivity contribution in [2.24, 2.45) is 5.73 Å². The zero-order valence-corrected chi connectivity index (χ0v) is 20.8. The van der Waals surface area contributed by atoms with Crippen LogP contribution in [0.4, 0.5) is 15.3 Å². The van der Waals surface area contributed by atoms with Crippen LogP contribution in [0.1, 0.15) is 23.3 Å². The van der Waals surface area contributed by atoms with Crippen LogP contribution in [-0.4, -0.2) is 37.3 Å². The number of anilines is 2. The number of amides is 1. The lowest BCUT2D eigenvalue weighted by Crippen LogP contribution is -2.15. The molecule has 11 heteroatoms. The Morgan fingerprint density at radius 2 is 1.81 bits per heavy atom. The van der Waals surface area contributed by atoms with Crippen LogP contribution >= 0.6 is 11.3 Å². The lowest BCUT2D eigenvalue weighted by atomic mass is 10.1. The van der Waals surface area contributed by atoms with E-state index in [1.54, 1.807) is 24.5 Å². The number of halogens is 1. The summed E-state index contributed by atoms with van der Waals surface area (Å²) in [6, 6.07) is 12.0. The number of hydrogen-bond acceptors (Lipinski definition) is 8. The first kappa shape index (κ1) is 24.0. The predicted octanol–water partition coefficient (Wildman–Crippen LogP) is 4.28. The fraction of sp³-hybridized carbons (Fsp3) is 0.154. The SMILES string of the molecule is CCc1nc2ccc(-c3cnc(CC(N)=O)nc3)cn2c1N(C)c1nc(-c2ccc(F)cc2)c(C#N)s1. The molecule has 4 heterocycles. The Balaban J connectivity index is 1.56. The van der Waals surface area contributed by atoms with Gasteiger partial charge in [-0.25, -0.2) is 24.3 Å². The van der Waals surface area contributed by atoms with Crippen molar-refractivity contribution in [1.82, 2.24) is 24.3 Å². The largest absolute Gasteiger partial charge is 0.369 e. The highest BCUT2D eigenvalue weighted by Crippen LogP contribution is 2.37. The standard InChI is InChI=1S/C26H21FN8OS/c1-3-19-25(34(2)26-33-24(20(11-28)37-26)15-4-7-18(27)8-5-15)35-14-16(6-9-23(35)32-19)17-12-30-22(31-13-17)10-21(29)36/h4-9,12-14H,3,10H2,1-2H3,(H2,29,36). The summed E-state index contributed by atoms with van der Waals surface area (Å²) in [4.78, 5) is 31.5. The van der Waals surface area contributed by atoms with Gasteiger partial charge in [0.2, 0.25) is 5.91 Å². The first-order valence-electron chi connectivity index (χ1n) is 11.4. The Bertz CT molecular complexity index is 1650. The van der Waals surface area contributed by atoms with Crippen LogP contribution in [0, 0.1) is 17.1 Å². The summed E-state index contributed by atoms with van der Waals surface area (Å²) >= 11 is 1.26. The molecule has 0 fully saturated rings. The number of aryl methyl sites for hydroxylation is 1. The number of thiazole rings is 1. The van der Waals surface area contributed by atoms with Crippen molar-refractivity contribution >= 4 is 33.8 Å². The number of carbonyl (C=O) groups is 1. The number of nitrogens with zero attached hydrogens (tertiary/aromatic N) is 7. The number of pyridine rings is 1. The molecular weight excluding hydrogens is 491 g/mol. The van der Waals surface area contributed by atoms with Gasteiger partial charge >= 0.3 is 0 Å². The van der Waals surface area contributed by atoms with E-state index in [-0.39, 0.29) is 12.2 Å². The van der Waals surface area contributed by atoms with Crippen LogP contribution in [0.2, 0.25) is 0 Å². The zero-order valence-electron chi connectivity index (χ0n) is 20.0. The summed E-state index contributed by atoms with van der Waals surface area (Å²) in [5.41, 5.74) is 9.66. The van der Waals surface area contributed by atoms with Gasteiger partial charge in [-0.1, -0.05) is 18.3 Å². The molecule has 0 bridgehead atoms. The number of carbonyl (C=O) groups excluding carboxylic acids is 1. The molecule has 37 heavy (non-hydrogen) atoms. The van der Waals surface area contributed by atoms with Gasteiger partial charge in [0.1, 0.15) is 39.7 Å². The summed E-state index contributed by atoms with van der Waals surface area (Å²) in [6.07, 6.45) is 5.92. The van der Waals surface area contributed by atoms with Crippen LogP contribution in [-0.2, 0) is 17.6 Å². The number of primary amides is 1. The van der Waals surface area contributed by atoms with Crippen molar-refractivity contribution in [3.8, 4) is 28.5 Å². The van der Waals surface area contributed by atoms with E-state index in [4.69, 9.17) is 15.7 Å². The van der Waals surface area contributed by atoms with E-state index >= 15 is 0 Å². The molecule has 5 aromatic rings. The van der Waals surface area contributed by atoms with Gasteiger partial charge in [0, 0.05) is 42.3 Å². The molecule has 0 saturated carbocycles. The highest BCUT2D eigenvalue weighted by molar-refractivity contribution is 7.16. The summed E-state index contributed by atoms with van der Waals surface area (Å²) in [7, 11) is 1.88. The molecule has 0 aliphatic heterocycles. The van der Waals surface area contributed by atoms with Gasteiger partial charge in [-0.3, -0.25) is 9.20 Å². The van der Waals surface area contributed by atoms with Crippen LogP contribution in [0.3, 0.4) is 0 Å². The van der Waals surface area contributed by atoms with Gasteiger partial charge in [-0.2, -0.15) is 5.26 Å².